The molecular formula is C16H20N2O2. The zero-order valence-corrected chi connectivity index (χ0v) is 11.8. The monoisotopic (exact) mass is 272 g/mol. The van der Waals surface area contributed by atoms with E-state index >= 15 is 0 Å². The van der Waals surface area contributed by atoms with E-state index in [0.717, 1.165) is 5.56 Å². The topological polar surface area (TPSA) is 73.1 Å². The molecular weight excluding hydrogens is 252 g/mol. The minimum absolute atomic E-state index is 0.0290. The lowest BCUT2D eigenvalue weighted by Gasteiger charge is -2.44. The molecule has 1 atom stereocenters. The van der Waals surface area contributed by atoms with Gasteiger partial charge in [-0.25, -0.2) is 0 Å². The summed E-state index contributed by atoms with van der Waals surface area (Å²) < 4.78 is 0. The molecule has 0 amide bonds. The standard InChI is InChI=1S/C16H20N2O2/c1-11(2)14(15(19)20)18-13-8-16(9-13,10-17)12-6-4-3-5-7-12/h3-7,11,13-14,18H,8-9H2,1-2H3,(H,19,20). The predicted molar refractivity (Wildman–Crippen MR) is 76.2 cm³/mol. The highest BCUT2D eigenvalue weighted by Gasteiger charge is 2.47. The third-order valence-electron chi connectivity index (χ3n) is 4.08. The molecule has 0 radical (unpaired) electrons. The van der Waals surface area contributed by atoms with Crippen LogP contribution in [0.25, 0.3) is 0 Å². The number of carboxylic acid groups (broad SMARTS) is 1. The van der Waals surface area contributed by atoms with Gasteiger partial charge in [-0.15, -0.1) is 0 Å². The molecule has 0 aromatic heterocycles. The van der Waals surface area contributed by atoms with Gasteiger partial charge in [0.1, 0.15) is 6.04 Å². The van der Waals surface area contributed by atoms with Crippen LogP contribution in [0.1, 0.15) is 32.3 Å². The first kappa shape index (κ1) is 14.5. The molecule has 106 valence electrons. The fourth-order valence-electron chi connectivity index (χ4n) is 2.85. The van der Waals surface area contributed by atoms with Gasteiger partial charge in [0, 0.05) is 6.04 Å². The zero-order valence-electron chi connectivity index (χ0n) is 11.8. The Morgan fingerprint density at radius 3 is 2.45 bits per heavy atom. The van der Waals surface area contributed by atoms with E-state index in [2.05, 4.69) is 11.4 Å². The second-order valence-corrected chi connectivity index (χ2v) is 5.89. The summed E-state index contributed by atoms with van der Waals surface area (Å²) in [5.41, 5.74) is 0.566. The predicted octanol–water partition coefficient (Wildman–Crippen LogP) is 2.31. The molecule has 0 aliphatic heterocycles. The summed E-state index contributed by atoms with van der Waals surface area (Å²) in [6, 6.07) is 11.7. The van der Waals surface area contributed by atoms with E-state index in [-0.39, 0.29) is 12.0 Å². The Morgan fingerprint density at radius 2 is 2.00 bits per heavy atom. The van der Waals surface area contributed by atoms with E-state index in [0.29, 0.717) is 12.8 Å². The molecule has 1 unspecified atom stereocenters. The first-order valence-electron chi connectivity index (χ1n) is 6.94. The Hall–Kier alpha value is -1.86. The maximum Gasteiger partial charge on any atom is 0.320 e. The van der Waals surface area contributed by atoms with Gasteiger partial charge in [0.2, 0.25) is 0 Å². The lowest BCUT2D eigenvalue weighted by Crippen LogP contribution is -2.56. The molecule has 1 aliphatic carbocycles. The third kappa shape index (κ3) is 2.68. The molecule has 2 N–H and O–H groups in total. The van der Waals surface area contributed by atoms with Crippen molar-refractivity contribution >= 4 is 5.97 Å². The van der Waals surface area contributed by atoms with Gasteiger partial charge in [0.15, 0.2) is 0 Å². The number of nitrogens with one attached hydrogen (secondary N) is 1. The largest absolute Gasteiger partial charge is 0.480 e. The minimum atomic E-state index is -0.825. The number of carboxylic acids is 1. The summed E-state index contributed by atoms with van der Waals surface area (Å²) in [5, 5.41) is 21.8. The van der Waals surface area contributed by atoms with E-state index in [1.165, 1.54) is 0 Å². The van der Waals surface area contributed by atoms with Gasteiger partial charge in [0.25, 0.3) is 0 Å². The highest BCUT2D eigenvalue weighted by atomic mass is 16.4. The molecule has 1 aromatic rings. The van der Waals surface area contributed by atoms with Crippen molar-refractivity contribution in [1.82, 2.24) is 5.32 Å². The number of carbonyl (C=O) groups is 1. The molecule has 1 aromatic carbocycles. The maximum atomic E-state index is 11.2. The molecule has 4 heteroatoms. The Labute approximate surface area is 119 Å². The van der Waals surface area contributed by atoms with Crippen molar-refractivity contribution < 1.29 is 9.90 Å². The van der Waals surface area contributed by atoms with Gasteiger partial charge in [-0.2, -0.15) is 5.26 Å². The summed E-state index contributed by atoms with van der Waals surface area (Å²) in [6.07, 6.45) is 1.34. The summed E-state index contributed by atoms with van der Waals surface area (Å²) in [5.74, 6) is -0.796. The van der Waals surface area contributed by atoms with E-state index in [9.17, 15) is 15.2 Å². The average molecular weight is 272 g/mol. The molecule has 0 saturated heterocycles. The number of aliphatic carboxylic acids is 1. The van der Waals surface area contributed by atoms with Crippen molar-refractivity contribution in [3.8, 4) is 6.07 Å². The van der Waals surface area contributed by atoms with Crippen LogP contribution in [0.3, 0.4) is 0 Å². The van der Waals surface area contributed by atoms with E-state index < -0.39 is 17.4 Å². The lowest BCUT2D eigenvalue weighted by molar-refractivity contribution is -0.141. The number of hydrogen-bond acceptors (Lipinski definition) is 3. The Bertz CT molecular complexity index is 513. The van der Waals surface area contributed by atoms with Crippen molar-refractivity contribution in [2.45, 2.75) is 44.2 Å². The third-order valence-corrected chi connectivity index (χ3v) is 4.08. The van der Waals surface area contributed by atoms with Crippen molar-refractivity contribution in [2.24, 2.45) is 5.92 Å². The molecule has 1 aliphatic rings. The number of hydrogen-bond donors (Lipinski definition) is 2. The van der Waals surface area contributed by atoms with Crippen molar-refractivity contribution in [2.75, 3.05) is 0 Å². The van der Waals surface area contributed by atoms with Crippen LogP contribution in [-0.4, -0.2) is 23.2 Å². The van der Waals surface area contributed by atoms with E-state index in [1.54, 1.807) is 0 Å². The zero-order chi connectivity index (χ0) is 14.8. The Morgan fingerprint density at radius 1 is 1.40 bits per heavy atom. The van der Waals surface area contributed by atoms with Crippen LogP contribution in [0.2, 0.25) is 0 Å². The molecule has 2 rings (SSSR count). The number of nitriles is 1. The van der Waals surface area contributed by atoms with Crippen LogP contribution < -0.4 is 5.32 Å². The van der Waals surface area contributed by atoms with Crippen LogP contribution in [0, 0.1) is 17.2 Å². The molecule has 1 saturated carbocycles. The molecule has 0 spiro atoms. The van der Waals surface area contributed by atoms with Crippen LogP contribution in [0.4, 0.5) is 0 Å². The van der Waals surface area contributed by atoms with Gasteiger partial charge in [-0.3, -0.25) is 4.79 Å². The molecule has 0 heterocycles. The SMILES string of the molecule is CC(C)C(NC1CC(C#N)(c2ccccc2)C1)C(=O)O. The summed E-state index contributed by atoms with van der Waals surface area (Å²) in [6.45, 7) is 3.78. The fraction of sp³-hybridized carbons (Fsp3) is 0.500. The normalized spacial score (nSPS) is 26.6. The smallest absolute Gasteiger partial charge is 0.320 e. The van der Waals surface area contributed by atoms with E-state index in [1.807, 2.05) is 44.2 Å². The van der Waals surface area contributed by atoms with Gasteiger partial charge >= 0.3 is 5.97 Å². The highest BCUT2D eigenvalue weighted by molar-refractivity contribution is 5.73. The molecule has 0 bridgehead atoms. The average Bonchev–Trinajstić information content (AvgIpc) is 2.38. The van der Waals surface area contributed by atoms with Crippen LogP contribution in [-0.2, 0) is 10.2 Å². The molecule has 20 heavy (non-hydrogen) atoms. The summed E-state index contributed by atoms with van der Waals surface area (Å²) in [4.78, 5) is 11.2. The number of nitrogens with zero attached hydrogens (tertiary/aromatic N) is 1. The first-order chi connectivity index (χ1) is 9.48. The second kappa shape index (κ2) is 5.64. The minimum Gasteiger partial charge on any atom is -0.480 e. The van der Waals surface area contributed by atoms with Gasteiger partial charge in [-0.05, 0) is 24.3 Å². The second-order valence-electron chi connectivity index (χ2n) is 5.89. The van der Waals surface area contributed by atoms with Crippen molar-refractivity contribution in [3.63, 3.8) is 0 Å². The first-order valence-corrected chi connectivity index (χ1v) is 6.94. The van der Waals surface area contributed by atoms with Crippen LogP contribution in [0.15, 0.2) is 30.3 Å². The molecule has 4 nitrogen and oxygen atoms in total. The highest BCUT2D eigenvalue weighted by Crippen LogP contribution is 2.43. The Kier molecular flexibility index (Phi) is 4.10. The van der Waals surface area contributed by atoms with Crippen molar-refractivity contribution in [3.05, 3.63) is 35.9 Å². The Balaban J connectivity index is 2.03. The van der Waals surface area contributed by atoms with Crippen molar-refractivity contribution in [1.29, 1.82) is 5.26 Å². The van der Waals surface area contributed by atoms with Gasteiger partial charge in [0.05, 0.1) is 11.5 Å². The fourth-order valence-corrected chi connectivity index (χ4v) is 2.85. The summed E-state index contributed by atoms with van der Waals surface area (Å²) in [7, 11) is 0. The molecule has 1 fully saturated rings. The quantitative estimate of drug-likeness (QED) is 0.862. The lowest BCUT2D eigenvalue weighted by atomic mass is 9.62. The van der Waals surface area contributed by atoms with E-state index in [4.69, 9.17) is 0 Å². The number of rotatable bonds is 5. The van der Waals surface area contributed by atoms with Gasteiger partial charge < -0.3 is 10.4 Å². The maximum absolute atomic E-state index is 11.2. The summed E-state index contributed by atoms with van der Waals surface area (Å²) >= 11 is 0. The van der Waals surface area contributed by atoms with Gasteiger partial charge in [-0.1, -0.05) is 44.2 Å². The van der Waals surface area contributed by atoms with Crippen LogP contribution in [0.5, 0.6) is 0 Å². The van der Waals surface area contributed by atoms with Crippen LogP contribution >= 0.6 is 0 Å². The number of benzene rings is 1.